The van der Waals surface area contributed by atoms with Gasteiger partial charge in [-0.05, 0) is 24.8 Å². The number of rotatable bonds is 6. The second-order valence-electron chi connectivity index (χ2n) is 5.61. The first-order valence-electron chi connectivity index (χ1n) is 7.81. The van der Waals surface area contributed by atoms with Gasteiger partial charge in [0.1, 0.15) is 6.61 Å². The molecule has 6 heteroatoms. The highest BCUT2D eigenvalue weighted by atomic mass is 16.5. The fourth-order valence-electron chi connectivity index (χ4n) is 2.71. The van der Waals surface area contributed by atoms with E-state index in [4.69, 9.17) is 9.47 Å². The summed E-state index contributed by atoms with van der Waals surface area (Å²) in [6, 6.07) is 9.62. The fourth-order valence-corrected chi connectivity index (χ4v) is 2.71. The topological polar surface area (TPSA) is 73.6 Å². The minimum atomic E-state index is -1.04. The summed E-state index contributed by atoms with van der Waals surface area (Å²) in [4.78, 5) is 11.6. The number of carbonyl (C=O) groups is 1. The first-order valence-corrected chi connectivity index (χ1v) is 7.81. The predicted molar refractivity (Wildman–Crippen MR) is 83.6 cm³/mol. The molecule has 122 valence electrons. The van der Waals surface area contributed by atoms with E-state index in [1.165, 1.54) is 10.9 Å². The summed E-state index contributed by atoms with van der Waals surface area (Å²) in [5.41, 5.74) is 1.06. The molecular weight excluding hydrogens is 296 g/mol. The highest BCUT2D eigenvalue weighted by Crippen LogP contribution is 2.22. The first-order chi connectivity index (χ1) is 11.2. The van der Waals surface area contributed by atoms with Crippen LogP contribution < -0.4 is 4.74 Å². The van der Waals surface area contributed by atoms with Crippen LogP contribution in [-0.2, 0) is 17.9 Å². The van der Waals surface area contributed by atoms with Crippen molar-refractivity contribution in [2.24, 2.45) is 0 Å². The lowest BCUT2D eigenvalue weighted by atomic mass is 10.1. The summed E-state index contributed by atoms with van der Waals surface area (Å²) >= 11 is 0. The lowest BCUT2D eigenvalue weighted by Crippen LogP contribution is -2.26. The molecule has 23 heavy (non-hydrogen) atoms. The zero-order valence-electron chi connectivity index (χ0n) is 12.9. The first kappa shape index (κ1) is 15.6. The largest absolute Gasteiger partial charge is 0.485 e. The van der Waals surface area contributed by atoms with Crippen molar-refractivity contribution < 1.29 is 19.4 Å². The van der Waals surface area contributed by atoms with Crippen LogP contribution in [0.1, 0.15) is 35.3 Å². The van der Waals surface area contributed by atoms with E-state index in [0.29, 0.717) is 13.2 Å². The molecule has 1 aliphatic rings. The van der Waals surface area contributed by atoms with E-state index in [-0.39, 0.29) is 17.5 Å². The summed E-state index contributed by atoms with van der Waals surface area (Å²) in [5.74, 6) is -0.751. The van der Waals surface area contributed by atoms with E-state index >= 15 is 0 Å². The molecule has 1 atom stereocenters. The highest BCUT2D eigenvalue weighted by molar-refractivity contribution is 5.88. The molecule has 1 aromatic carbocycles. The third-order valence-electron chi connectivity index (χ3n) is 3.90. The number of carboxylic acid groups (broad SMARTS) is 1. The summed E-state index contributed by atoms with van der Waals surface area (Å²) < 4.78 is 12.8. The molecule has 1 aromatic heterocycles. The lowest BCUT2D eigenvalue weighted by molar-refractivity contribution is 0.00325. The van der Waals surface area contributed by atoms with Gasteiger partial charge in [-0.25, -0.2) is 4.79 Å². The van der Waals surface area contributed by atoms with Crippen LogP contribution >= 0.6 is 0 Å². The minimum absolute atomic E-state index is 0.0173. The van der Waals surface area contributed by atoms with Crippen molar-refractivity contribution >= 4 is 5.97 Å². The van der Waals surface area contributed by atoms with Crippen molar-refractivity contribution in [2.75, 3.05) is 6.61 Å². The molecule has 0 saturated carbocycles. The Labute approximate surface area is 134 Å². The molecule has 1 saturated heterocycles. The SMILES string of the molecule is O=C(O)c1c(OCc2ccccc2)cnn1CC1CCCCO1. The summed E-state index contributed by atoms with van der Waals surface area (Å²) in [6.07, 6.45) is 4.58. The Balaban J connectivity index is 1.71. The summed E-state index contributed by atoms with van der Waals surface area (Å²) in [5, 5.41) is 13.7. The van der Waals surface area contributed by atoms with Crippen molar-refractivity contribution in [3.05, 3.63) is 47.8 Å². The number of carboxylic acids is 1. The van der Waals surface area contributed by atoms with Crippen LogP contribution in [0.5, 0.6) is 5.75 Å². The number of nitrogens with zero attached hydrogens (tertiary/aromatic N) is 2. The van der Waals surface area contributed by atoms with Gasteiger partial charge in [-0.2, -0.15) is 5.10 Å². The Kier molecular flexibility index (Phi) is 4.92. The molecule has 1 unspecified atom stereocenters. The zero-order chi connectivity index (χ0) is 16.1. The van der Waals surface area contributed by atoms with E-state index in [9.17, 15) is 9.90 Å². The molecule has 2 aromatic rings. The maximum absolute atomic E-state index is 11.6. The molecule has 6 nitrogen and oxygen atoms in total. The van der Waals surface area contributed by atoms with E-state index in [2.05, 4.69) is 5.10 Å². The standard InChI is InChI=1S/C17H20N2O4/c20-17(21)16-15(23-12-13-6-2-1-3-7-13)10-18-19(16)11-14-8-4-5-9-22-14/h1-3,6-7,10,14H,4-5,8-9,11-12H2,(H,20,21). The van der Waals surface area contributed by atoms with Gasteiger partial charge in [-0.15, -0.1) is 0 Å². The van der Waals surface area contributed by atoms with E-state index in [0.717, 1.165) is 31.4 Å². The number of aromatic nitrogens is 2. The number of benzene rings is 1. The smallest absolute Gasteiger partial charge is 0.358 e. The van der Waals surface area contributed by atoms with Gasteiger partial charge in [0.15, 0.2) is 11.4 Å². The monoisotopic (exact) mass is 316 g/mol. The number of hydrogen-bond acceptors (Lipinski definition) is 4. The Bertz CT molecular complexity index is 648. The van der Waals surface area contributed by atoms with Crippen LogP contribution in [0.3, 0.4) is 0 Å². The maximum atomic E-state index is 11.6. The van der Waals surface area contributed by atoms with Crippen molar-refractivity contribution in [3.63, 3.8) is 0 Å². The van der Waals surface area contributed by atoms with Crippen LogP contribution in [0.2, 0.25) is 0 Å². The van der Waals surface area contributed by atoms with Gasteiger partial charge in [-0.3, -0.25) is 4.68 Å². The molecule has 2 heterocycles. The van der Waals surface area contributed by atoms with Gasteiger partial charge in [0.2, 0.25) is 0 Å². The van der Waals surface area contributed by atoms with E-state index in [1.807, 2.05) is 30.3 Å². The molecule has 0 bridgehead atoms. The van der Waals surface area contributed by atoms with Crippen LogP contribution in [-0.4, -0.2) is 33.6 Å². The number of hydrogen-bond donors (Lipinski definition) is 1. The number of aromatic carboxylic acids is 1. The molecule has 0 radical (unpaired) electrons. The summed E-state index contributed by atoms with van der Waals surface area (Å²) in [6.45, 7) is 1.48. The number of ether oxygens (including phenoxy) is 2. The van der Waals surface area contributed by atoms with E-state index in [1.54, 1.807) is 0 Å². The normalized spacial score (nSPS) is 17.8. The Morgan fingerprint density at radius 3 is 2.87 bits per heavy atom. The Morgan fingerprint density at radius 1 is 1.35 bits per heavy atom. The average Bonchev–Trinajstić information content (AvgIpc) is 2.98. The maximum Gasteiger partial charge on any atom is 0.358 e. The van der Waals surface area contributed by atoms with Gasteiger partial charge >= 0.3 is 5.97 Å². The quantitative estimate of drug-likeness (QED) is 0.887. The van der Waals surface area contributed by atoms with Crippen molar-refractivity contribution in [3.8, 4) is 5.75 Å². The fraction of sp³-hybridized carbons (Fsp3) is 0.412. The minimum Gasteiger partial charge on any atom is -0.485 e. The average molecular weight is 316 g/mol. The van der Waals surface area contributed by atoms with Gasteiger partial charge in [0, 0.05) is 6.61 Å². The molecule has 3 rings (SSSR count). The van der Waals surface area contributed by atoms with Crippen molar-refractivity contribution in [1.29, 1.82) is 0 Å². The molecule has 0 aliphatic carbocycles. The van der Waals surface area contributed by atoms with Crippen LogP contribution in [0.15, 0.2) is 36.5 Å². The lowest BCUT2D eigenvalue weighted by Gasteiger charge is -2.22. The third-order valence-corrected chi connectivity index (χ3v) is 3.90. The molecule has 1 N–H and O–H groups in total. The van der Waals surface area contributed by atoms with Gasteiger partial charge in [-0.1, -0.05) is 30.3 Å². The molecule has 1 aliphatic heterocycles. The molecule has 0 amide bonds. The van der Waals surface area contributed by atoms with Crippen LogP contribution in [0.4, 0.5) is 0 Å². The molecule has 1 fully saturated rings. The molecular formula is C17H20N2O4. The Morgan fingerprint density at radius 2 is 2.17 bits per heavy atom. The van der Waals surface area contributed by atoms with Crippen molar-refractivity contribution in [1.82, 2.24) is 9.78 Å². The summed E-state index contributed by atoms with van der Waals surface area (Å²) in [7, 11) is 0. The second kappa shape index (κ2) is 7.28. The second-order valence-corrected chi connectivity index (χ2v) is 5.61. The van der Waals surface area contributed by atoms with E-state index < -0.39 is 5.97 Å². The highest BCUT2D eigenvalue weighted by Gasteiger charge is 2.23. The van der Waals surface area contributed by atoms with Crippen LogP contribution in [0, 0.1) is 0 Å². The zero-order valence-corrected chi connectivity index (χ0v) is 12.9. The van der Waals surface area contributed by atoms with Gasteiger partial charge < -0.3 is 14.6 Å². The van der Waals surface area contributed by atoms with Gasteiger partial charge in [0.25, 0.3) is 0 Å². The van der Waals surface area contributed by atoms with Crippen molar-refractivity contribution in [2.45, 2.75) is 38.5 Å². The predicted octanol–water partition coefficient (Wildman–Crippen LogP) is 2.73. The molecule has 0 spiro atoms. The Hall–Kier alpha value is -2.34. The van der Waals surface area contributed by atoms with Crippen LogP contribution in [0.25, 0.3) is 0 Å². The third kappa shape index (κ3) is 3.90. The van der Waals surface area contributed by atoms with Gasteiger partial charge in [0.05, 0.1) is 18.8 Å².